The highest BCUT2D eigenvalue weighted by atomic mass is 16.3. The summed E-state index contributed by atoms with van der Waals surface area (Å²) in [6, 6.07) is 15.5. The van der Waals surface area contributed by atoms with Gasteiger partial charge in [0.1, 0.15) is 5.52 Å². The van der Waals surface area contributed by atoms with Crippen LogP contribution in [-0.2, 0) is 4.79 Å². The molecular formula is C26H29N3O3. The lowest BCUT2D eigenvalue weighted by Gasteiger charge is -2.25. The molecular weight excluding hydrogens is 402 g/mol. The molecule has 0 saturated heterocycles. The van der Waals surface area contributed by atoms with Crippen LogP contribution in [0.5, 0.6) is 0 Å². The number of nitrogens with zero attached hydrogens (tertiary/aromatic N) is 2. The van der Waals surface area contributed by atoms with Crippen LogP contribution >= 0.6 is 0 Å². The van der Waals surface area contributed by atoms with E-state index in [1.807, 2.05) is 55.6 Å². The predicted molar refractivity (Wildman–Crippen MR) is 123 cm³/mol. The number of nitrogens with one attached hydrogen (secondary N) is 1. The SMILES string of the molecule is CN(C(=O)c1ccc(-c2nc3ccccc3o2)cc1)[C@@H]1CC[C@H](C(=O)NC2CCCC2)C1. The largest absolute Gasteiger partial charge is 0.436 e. The second-order valence-electron chi connectivity index (χ2n) is 9.13. The molecule has 5 rings (SSSR count). The van der Waals surface area contributed by atoms with E-state index in [0.29, 0.717) is 17.5 Å². The van der Waals surface area contributed by atoms with Gasteiger partial charge in [-0.25, -0.2) is 4.98 Å². The minimum absolute atomic E-state index is 0.0115. The summed E-state index contributed by atoms with van der Waals surface area (Å²) in [5.41, 5.74) is 3.03. The van der Waals surface area contributed by atoms with Crippen LogP contribution in [0.2, 0.25) is 0 Å². The van der Waals surface area contributed by atoms with Crippen molar-refractivity contribution in [1.82, 2.24) is 15.2 Å². The Bertz CT molecular complexity index is 1080. The average molecular weight is 432 g/mol. The minimum atomic E-state index is -0.0176. The Hall–Kier alpha value is -3.15. The summed E-state index contributed by atoms with van der Waals surface area (Å²) in [5, 5.41) is 3.22. The van der Waals surface area contributed by atoms with Crippen molar-refractivity contribution < 1.29 is 14.0 Å². The summed E-state index contributed by atoms with van der Waals surface area (Å²) in [7, 11) is 1.85. The number of carbonyl (C=O) groups excluding carboxylic acids is 2. The van der Waals surface area contributed by atoms with Gasteiger partial charge in [-0.1, -0.05) is 25.0 Å². The molecule has 166 valence electrons. The van der Waals surface area contributed by atoms with Gasteiger partial charge < -0.3 is 14.6 Å². The van der Waals surface area contributed by atoms with E-state index >= 15 is 0 Å². The molecule has 1 heterocycles. The number of amides is 2. The zero-order valence-corrected chi connectivity index (χ0v) is 18.4. The van der Waals surface area contributed by atoms with Crippen molar-refractivity contribution in [2.75, 3.05) is 7.05 Å². The van der Waals surface area contributed by atoms with Crippen molar-refractivity contribution in [1.29, 1.82) is 0 Å². The molecule has 2 fully saturated rings. The van der Waals surface area contributed by atoms with Crippen molar-refractivity contribution in [2.24, 2.45) is 5.92 Å². The minimum Gasteiger partial charge on any atom is -0.436 e. The van der Waals surface area contributed by atoms with E-state index in [-0.39, 0.29) is 23.8 Å². The maximum absolute atomic E-state index is 13.1. The molecule has 0 radical (unpaired) electrons. The van der Waals surface area contributed by atoms with Gasteiger partial charge in [0.2, 0.25) is 11.8 Å². The van der Waals surface area contributed by atoms with Crippen LogP contribution < -0.4 is 5.32 Å². The number of aromatic nitrogens is 1. The number of benzene rings is 2. The zero-order chi connectivity index (χ0) is 22.1. The van der Waals surface area contributed by atoms with Crippen LogP contribution in [0.4, 0.5) is 0 Å². The Labute approximate surface area is 188 Å². The molecule has 32 heavy (non-hydrogen) atoms. The van der Waals surface area contributed by atoms with Gasteiger partial charge in [0.25, 0.3) is 5.91 Å². The number of hydrogen-bond acceptors (Lipinski definition) is 4. The van der Waals surface area contributed by atoms with Gasteiger partial charge in [0.15, 0.2) is 5.58 Å². The van der Waals surface area contributed by atoms with Crippen molar-refractivity contribution in [3.63, 3.8) is 0 Å². The summed E-state index contributed by atoms with van der Waals surface area (Å²) in [4.78, 5) is 32.0. The topological polar surface area (TPSA) is 75.4 Å². The molecule has 2 atom stereocenters. The Morgan fingerprint density at radius 1 is 1.00 bits per heavy atom. The summed E-state index contributed by atoms with van der Waals surface area (Å²) >= 11 is 0. The Kier molecular flexibility index (Phi) is 5.68. The Balaban J connectivity index is 1.21. The van der Waals surface area contributed by atoms with E-state index in [4.69, 9.17) is 4.42 Å². The maximum Gasteiger partial charge on any atom is 0.253 e. The first-order valence-corrected chi connectivity index (χ1v) is 11.6. The molecule has 1 N–H and O–H groups in total. The molecule has 2 aliphatic rings. The number of rotatable bonds is 5. The first-order valence-electron chi connectivity index (χ1n) is 11.6. The molecule has 1 aromatic heterocycles. The number of carbonyl (C=O) groups is 2. The fraction of sp³-hybridized carbons (Fsp3) is 0.423. The van der Waals surface area contributed by atoms with Crippen molar-refractivity contribution in [3.8, 4) is 11.5 Å². The quantitative estimate of drug-likeness (QED) is 0.630. The van der Waals surface area contributed by atoms with E-state index in [0.717, 1.165) is 48.8 Å². The molecule has 6 heteroatoms. The van der Waals surface area contributed by atoms with Gasteiger partial charge >= 0.3 is 0 Å². The maximum atomic E-state index is 13.1. The van der Waals surface area contributed by atoms with Crippen molar-refractivity contribution in [3.05, 3.63) is 54.1 Å². The lowest BCUT2D eigenvalue weighted by Crippen LogP contribution is -2.38. The zero-order valence-electron chi connectivity index (χ0n) is 18.4. The molecule has 0 spiro atoms. The molecule has 2 aliphatic carbocycles. The van der Waals surface area contributed by atoms with Gasteiger partial charge in [-0.2, -0.15) is 0 Å². The molecule has 2 aromatic carbocycles. The van der Waals surface area contributed by atoms with E-state index in [1.54, 1.807) is 4.90 Å². The summed E-state index contributed by atoms with van der Waals surface area (Å²) < 4.78 is 5.82. The molecule has 2 amide bonds. The first-order chi connectivity index (χ1) is 15.6. The summed E-state index contributed by atoms with van der Waals surface area (Å²) in [6.45, 7) is 0. The molecule has 2 saturated carbocycles. The van der Waals surface area contributed by atoms with Crippen molar-refractivity contribution in [2.45, 2.75) is 57.0 Å². The lowest BCUT2D eigenvalue weighted by molar-refractivity contribution is -0.125. The van der Waals surface area contributed by atoms with Crippen LogP contribution in [0, 0.1) is 5.92 Å². The van der Waals surface area contributed by atoms with Crippen LogP contribution in [0.15, 0.2) is 52.9 Å². The highest BCUT2D eigenvalue weighted by Gasteiger charge is 2.35. The smallest absolute Gasteiger partial charge is 0.253 e. The fourth-order valence-electron chi connectivity index (χ4n) is 5.06. The molecule has 3 aromatic rings. The van der Waals surface area contributed by atoms with Gasteiger partial charge in [-0.05, 0) is 68.5 Å². The lowest BCUT2D eigenvalue weighted by atomic mass is 10.1. The highest BCUT2D eigenvalue weighted by molar-refractivity contribution is 5.95. The van der Waals surface area contributed by atoms with Crippen molar-refractivity contribution >= 4 is 22.9 Å². The molecule has 0 bridgehead atoms. The van der Waals surface area contributed by atoms with Gasteiger partial charge in [-0.3, -0.25) is 9.59 Å². The van der Waals surface area contributed by atoms with Gasteiger partial charge in [0.05, 0.1) is 0 Å². The predicted octanol–water partition coefficient (Wildman–Crippen LogP) is 4.79. The van der Waals surface area contributed by atoms with E-state index in [9.17, 15) is 9.59 Å². The number of fused-ring (bicyclic) bond motifs is 1. The number of para-hydroxylation sites is 2. The van der Waals surface area contributed by atoms with Crippen LogP contribution in [-0.4, -0.2) is 40.8 Å². The summed E-state index contributed by atoms with van der Waals surface area (Å²) in [5.74, 6) is 0.710. The third kappa shape index (κ3) is 4.14. The monoisotopic (exact) mass is 431 g/mol. The van der Waals surface area contributed by atoms with Crippen LogP contribution in [0.25, 0.3) is 22.6 Å². The number of hydrogen-bond donors (Lipinski definition) is 1. The van der Waals surface area contributed by atoms with E-state index in [1.165, 1.54) is 12.8 Å². The van der Waals surface area contributed by atoms with Crippen LogP contribution in [0.1, 0.15) is 55.3 Å². The average Bonchev–Trinajstić information content (AvgIpc) is 3.58. The van der Waals surface area contributed by atoms with Gasteiger partial charge in [-0.15, -0.1) is 0 Å². The second-order valence-corrected chi connectivity index (χ2v) is 9.13. The highest BCUT2D eigenvalue weighted by Crippen LogP contribution is 2.31. The number of oxazole rings is 1. The fourth-order valence-corrected chi connectivity index (χ4v) is 5.06. The molecule has 6 nitrogen and oxygen atoms in total. The van der Waals surface area contributed by atoms with Crippen LogP contribution in [0.3, 0.4) is 0 Å². The molecule has 0 aliphatic heterocycles. The Morgan fingerprint density at radius 3 is 2.50 bits per heavy atom. The normalized spacial score (nSPS) is 21.2. The first kappa shape index (κ1) is 20.7. The Morgan fingerprint density at radius 2 is 1.75 bits per heavy atom. The van der Waals surface area contributed by atoms with E-state index < -0.39 is 0 Å². The van der Waals surface area contributed by atoms with Gasteiger partial charge in [0, 0.05) is 36.2 Å². The molecule has 0 unspecified atom stereocenters. The standard InChI is InChI=1S/C26H29N3O3/c1-29(21-15-14-19(16-21)24(30)27-20-6-2-3-7-20)26(31)18-12-10-17(11-13-18)25-28-22-8-4-5-9-23(22)32-25/h4-5,8-13,19-21H,2-3,6-7,14-16H2,1H3,(H,27,30)/t19-,21+/m0/s1. The second kappa shape index (κ2) is 8.77. The third-order valence-corrected chi connectivity index (χ3v) is 7.02. The third-order valence-electron chi connectivity index (χ3n) is 7.02. The summed E-state index contributed by atoms with van der Waals surface area (Å²) in [6.07, 6.45) is 7.06. The van der Waals surface area contributed by atoms with E-state index in [2.05, 4.69) is 10.3 Å².